The molecule has 0 amide bonds. The Balaban J connectivity index is 2.16. The molecule has 0 aliphatic heterocycles. The van der Waals surface area contributed by atoms with Crippen molar-refractivity contribution in [2.45, 2.75) is 38.7 Å². The zero-order valence-corrected chi connectivity index (χ0v) is 10.6. The van der Waals surface area contributed by atoms with Gasteiger partial charge < -0.3 is 4.74 Å². The van der Waals surface area contributed by atoms with Gasteiger partial charge in [-0.2, -0.15) is 5.26 Å². The Bertz CT molecular complexity index is 442. The highest BCUT2D eigenvalue weighted by Gasteiger charge is 2.24. The lowest BCUT2D eigenvalue weighted by Crippen LogP contribution is -2.28. The van der Waals surface area contributed by atoms with E-state index in [2.05, 4.69) is 11.9 Å². The van der Waals surface area contributed by atoms with Gasteiger partial charge >= 0.3 is 0 Å². The summed E-state index contributed by atoms with van der Waals surface area (Å²) < 4.78 is 5.85. The first-order valence-corrected chi connectivity index (χ1v) is 6.31. The molecule has 0 N–H and O–H groups in total. The van der Waals surface area contributed by atoms with Crippen molar-refractivity contribution < 1.29 is 4.74 Å². The van der Waals surface area contributed by atoms with Crippen LogP contribution in [-0.4, -0.2) is 11.1 Å². The van der Waals surface area contributed by atoms with E-state index in [1.54, 1.807) is 12.3 Å². The molecule has 2 atom stereocenters. The fourth-order valence-electron chi connectivity index (χ4n) is 2.19. The molecular formula is C13H15ClN2O. The van der Waals surface area contributed by atoms with E-state index in [1.807, 2.05) is 6.07 Å². The van der Waals surface area contributed by atoms with Crippen LogP contribution in [0.1, 0.15) is 38.2 Å². The van der Waals surface area contributed by atoms with Gasteiger partial charge in [0.05, 0.1) is 5.56 Å². The van der Waals surface area contributed by atoms with Gasteiger partial charge in [-0.3, -0.25) is 0 Å². The van der Waals surface area contributed by atoms with Gasteiger partial charge in [0.25, 0.3) is 0 Å². The van der Waals surface area contributed by atoms with E-state index in [-0.39, 0.29) is 6.10 Å². The van der Waals surface area contributed by atoms with Crippen LogP contribution in [0.5, 0.6) is 5.88 Å². The molecule has 1 saturated carbocycles. The molecule has 1 aromatic rings. The summed E-state index contributed by atoms with van der Waals surface area (Å²) >= 11 is 6.07. The summed E-state index contributed by atoms with van der Waals surface area (Å²) in [4.78, 5) is 4.11. The molecule has 0 aromatic carbocycles. The van der Waals surface area contributed by atoms with Gasteiger partial charge in [0.15, 0.2) is 0 Å². The number of nitrogens with zero attached hydrogens (tertiary/aromatic N) is 2. The van der Waals surface area contributed by atoms with Crippen LogP contribution in [0.15, 0.2) is 12.3 Å². The lowest BCUT2D eigenvalue weighted by molar-refractivity contribution is 0.0977. The standard InChI is InChI=1S/C13H15ClN2O/c1-9-4-2-3-5-11(9)17-13-12(14)10(8-15)6-7-16-13/h6-7,9,11H,2-5H2,1H3. The molecule has 1 aliphatic carbocycles. The number of hydrogen-bond acceptors (Lipinski definition) is 3. The quantitative estimate of drug-likeness (QED) is 0.806. The second-order valence-corrected chi connectivity index (χ2v) is 4.89. The maximum atomic E-state index is 8.88. The molecule has 0 saturated heterocycles. The Morgan fingerprint density at radius 2 is 2.24 bits per heavy atom. The number of pyridine rings is 1. The van der Waals surface area contributed by atoms with Crippen molar-refractivity contribution in [1.29, 1.82) is 5.26 Å². The van der Waals surface area contributed by atoms with Crippen LogP contribution >= 0.6 is 11.6 Å². The maximum absolute atomic E-state index is 8.88. The Hall–Kier alpha value is -1.27. The number of ether oxygens (including phenoxy) is 1. The average Bonchev–Trinajstić information content (AvgIpc) is 2.34. The second kappa shape index (κ2) is 5.37. The summed E-state index contributed by atoms with van der Waals surface area (Å²) in [5.41, 5.74) is 0.417. The lowest BCUT2D eigenvalue weighted by atomic mass is 9.88. The van der Waals surface area contributed by atoms with Crippen LogP contribution in [0.2, 0.25) is 5.02 Å². The van der Waals surface area contributed by atoms with E-state index in [1.165, 1.54) is 19.3 Å². The fourth-order valence-corrected chi connectivity index (χ4v) is 2.39. The number of aromatic nitrogens is 1. The van der Waals surface area contributed by atoms with Gasteiger partial charge in [0.2, 0.25) is 5.88 Å². The lowest BCUT2D eigenvalue weighted by Gasteiger charge is -2.29. The van der Waals surface area contributed by atoms with Gasteiger partial charge in [-0.05, 0) is 31.2 Å². The van der Waals surface area contributed by atoms with Gasteiger partial charge in [0, 0.05) is 6.20 Å². The molecule has 4 heteroatoms. The Labute approximate surface area is 106 Å². The number of hydrogen-bond donors (Lipinski definition) is 0. The first kappa shape index (κ1) is 12.2. The van der Waals surface area contributed by atoms with Crippen molar-refractivity contribution in [2.75, 3.05) is 0 Å². The van der Waals surface area contributed by atoms with Crippen LogP contribution < -0.4 is 4.74 Å². The fraction of sp³-hybridized carbons (Fsp3) is 0.538. The molecular weight excluding hydrogens is 236 g/mol. The van der Waals surface area contributed by atoms with Crippen molar-refractivity contribution >= 4 is 11.6 Å². The van der Waals surface area contributed by atoms with Gasteiger partial charge in [0.1, 0.15) is 17.2 Å². The normalized spacial score (nSPS) is 24.1. The third-order valence-corrected chi connectivity index (χ3v) is 3.64. The van der Waals surface area contributed by atoms with Crippen LogP contribution in [0, 0.1) is 17.2 Å². The molecule has 1 fully saturated rings. The third kappa shape index (κ3) is 2.70. The largest absolute Gasteiger partial charge is 0.473 e. The van der Waals surface area contributed by atoms with Crippen LogP contribution in [0.3, 0.4) is 0 Å². The number of nitriles is 1. The highest BCUT2D eigenvalue weighted by Crippen LogP contribution is 2.31. The molecule has 0 spiro atoms. The minimum atomic E-state index is 0.169. The van der Waals surface area contributed by atoms with E-state index in [0.717, 1.165) is 6.42 Å². The molecule has 90 valence electrons. The molecule has 2 rings (SSSR count). The van der Waals surface area contributed by atoms with Crippen LogP contribution in [0.4, 0.5) is 0 Å². The monoisotopic (exact) mass is 250 g/mol. The van der Waals surface area contributed by atoms with Crippen molar-refractivity contribution in [3.63, 3.8) is 0 Å². The zero-order valence-electron chi connectivity index (χ0n) is 9.82. The van der Waals surface area contributed by atoms with E-state index < -0.39 is 0 Å². The summed E-state index contributed by atoms with van der Waals surface area (Å²) in [5, 5.41) is 9.21. The van der Waals surface area contributed by atoms with Crippen molar-refractivity contribution in [2.24, 2.45) is 5.92 Å². The predicted molar refractivity (Wildman–Crippen MR) is 66.0 cm³/mol. The smallest absolute Gasteiger partial charge is 0.234 e. The number of halogens is 1. The van der Waals surface area contributed by atoms with Crippen LogP contribution in [0.25, 0.3) is 0 Å². The molecule has 1 heterocycles. The minimum Gasteiger partial charge on any atom is -0.473 e. The first-order chi connectivity index (χ1) is 8.22. The molecule has 2 unspecified atom stereocenters. The van der Waals surface area contributed by atoms with Gasteiger partial charge in [-0.25, -0.2) is 4.98 Å². The minimum absolute atomic E-state index is 0.169. The number of rotatable bonds is 2. The predicted octanol–water partition coefficient (Wildman–Crippen LogP) is 3.56. The average molecular weight is 251 g/mol. The molecule has 0 bridgehead atoms. The summed E-state index contributed by atoms with van der Waals surface area (Å²) in [6, 6.07) is 3.63. The van der Waals surface area contributed by atoms with E-state index in [4.69, 9.17) is 21.6 Å². The topological polar surface area (TPSA) is 45.9 Å². The molecule has 1 aliphatic rings. The van der Waals surface area contributed by atoms with E-state index in [9.17, 15) is 0 Å². The van der Waals surface area contributed by atoms with Gasteiger partial charge in [-0.1, -0.05) is 24.9 Å². The summed E-state index contributed by atoms with van der Waals surface area (Å²) in [6.07, 6.45) is 6.40. The second-order valence-electron chi connectivity index (χ2n) is 4.51. The summed E-state index contributed by atoms with van der Waals surface area (Å²) in [6.45, 7) is 2.19. The maximum Gasteiger partial charge on any atom is 0.234 e. The van der Waals surface area contributed by atoms with Crippen LogP contribution in [-0.2, 0) is 0 Å². The van der Waals surface area contributed by atoms with Crippen molar-refractivity contribution in [3.05, 3.63) is 22.8 Å². The Morgan fingerprint density at radius 1 is 1.47 bits per heavy atom. The van der Waals surface area contributed by atoms with E-state index in [0.29, 0.717) is 22.4 Å². The molecule has 0 radical (unpaired) electrons. The first-order valence-electron chi connectivity index (χ1n) is 5.93. The molecule has 3 nitrogen and oxygen atoms in total. The Morgan fingerprint density at radius 3 is 2.94 bits per heavy atom. The zero-order chi connectivity index (χ0) is 12.3. The highest BCUT2D eigenvalue weighted by molar-refractivity contribution is 6.32. The SMILES string of the molecule is CC1CCCCC1Oc1nccc(C#N)c1Cl. The van der Waals surface area contributed by atoms with Crippen molar-refractivity contribution in [3.8, 4) is 11.9 Å². The summed E-state index contributed by atoms with van der Waals surface area (Å²) in [5.74, 6) is 0.914. The van der Waals surface area contributed by atoms with E-state index >= 15 is 0 Å². The highest BCUT2D eigenvalue weighted by atomic mass is 35.5. The molecule has 1 aromatic heterocycles. The molecule has 17 heavy (non-hydrogen) atoms. The summed E-state index contributed by atoms with van der Waals surface area (Å²) in [7, 11) is 0. The van der Waals surface area contributed by atoms with Crippen molar-refractivity contribution in [1.82, 2.24) is 4.98 Å². The third-order valence-electron chi connectivity index (χ3n) is 3.27. The Kier molecular flexibility index (Phi) is 3.86. The van der Waals surface area contributed by atoms with Gasteiger partial charge in [-0.15, -0.1) is 0 Å².